The van der Waals surface area contributed by atoms with E-state index in [9.17, 15) is 4.79 Å². The molecule has 0 aromatic carbocycles. The van der Waals surface area contributed by atoms with Gasteiger partial charge in [0, 0.05) is 19.6 Å². The molecule has 104 valence electrons. The number of aromatic nitrogens is 2. The lowest BCUT2D eigenvalue weighted by Crippen LogP contribution is -2.57. The number of fused-ring (bicyclic) bond motifs is 3. The largest absolute Gasteiger partial charge is 0.395 e. The molecule has 3 saturated heterocycles. The van der Waals surface area contributed by atoms with Gasteiger partial charge in [0.05, 0.1) is 11.4 Å². The highest BCUT2D eigenvalue weighted by atomic mass is 16.2. The van der Waals surface area contributed by atoms with Gasteiger partial charge in [-0.1, -0.05) is 0 Å². The molecule has 2 bridgehead atoms. The van der Waals surface area contributed by atoms with Crippen molar-refractivity contribution in [2.24, 2.45) is 13.0 Å². The number of nitrogen functional groups attached to an aromatic ring is 1. The van der Waals surface area contributed by atoms with E-state index in [1.165, 1.54) is 25.9 Å². The van der Waals surface area contributed by atoms with Crippen molar-refractivity contribution in [2.75, 3.05) is 25.4 Å². The Bertz CT molecular complexity index is 501. The summed E-state index contributed by atoms with van der Waals surface area (Å²) in [6.07, 6.45) is 2.37. The zero-order chi connectivity index (χ0) is 13.6. The molecule has 6 heteroatoms. The Hall–Kier alpha value is -1.56. The van der Waals surface area contributed by atoms with E-state index in [0.29, 0.717) is 23.0 Å². The van der Waals surface area contributed by atoms with Crippen LogP contribution in [0.5, 0.6) is 0 Å². The number of carbonyl (C=O) groups is 1. The molecule has 1 aromatic rings. The predicted octanol–water partition coefficient (Wildman–Crippen LogP) is 0.135. The van der Waals surface area contributed by atoms with Gasteiger partial charge in [0.25, 0.3) is 5.91 Å². The number of amides is 1. The molecule has 0 aliphatic carbocycles. The predicted molar refractivity (Wildman–Crippen MR) is 72.8 cm³/mol. The summed E-state index contributed by atoms with van der Waals surface area (Å²) in [5.74, 6) is 0.517. The lowest BCUT2D eigenvalue weighted by molar-refractivity contribution is 0.0616. The van der Waals surface area contributed by atoms with Crippen LogP contribution in [0.3, 0.4) is 0 Å². The van der Waals surface area contributed by atoms with Crippen molar-refractivity contribution in [1.29, 1.82) is 0 Å². The lowest BCUT2D eigenvalue weighted by atomic mass is 9.84. The van der Waals surface area contributed by atoms with Crippen LogP contribution in [0.4, 0.5) is 5.69 Å². The first-order valence-electron chi connectivity index (χ1n) is 6.88. The Morgan fingerprint density at radius 1 is 1.42 bits per heavy atom. The third-order valence-corrected chi connectivity index (χ3v) is 4.46. The van der Waals surface area contributed by atoms with Gasteiger partial charge in [-0.05, 0) is 38.8 Å². The summed E-state index contributed by atoms with van der Waals surface area (Å²) < 4.78 is 1.57. The molecular formula is C13H21N5O. The molecular weight excluding hydrogens is 242 g/mol. The third kappa shape index (κ3) is 2.10. The van der Waals surface area contributed by atoms with Crippen LogP contribution in [-0.4, -0.2) is 46.3 Å². The summed E-state index contributed by atoms with van der Waals surface area (Å²) in [6, 6.07) is 0.254. The summed E-state index contributed by atoms with van der Waals surface area (Å²) in [7, 11) is 1.76. The summed E-state index contributed by atoms with van der Waals surface area (Å²) in [4.78, 5) is 14.8. The Kier molecular flexibility index (Phi) is 2.97. The first kappa shape index (κ1) is 12.5. The smallest absolute Gasteiger partial charge is 0.271 e. The monoisotopic (exact) mass is 263 g/mol. The second-order valence-corrected chi connectivity index (χ2v) is 5.69. The second-order valence-electron chi connectivity index (χ2n) is 5.69. The number of rotatable bonds is 2. The van der Waals surface area contributed by atoms with Gasteiger partial charge in [0.1, 0.15) is 5.69 Å². The highest BCUT2D eigenvalue weighted by Gasteiger charge is 2.35. The van der Waals surface area contributed by atoms with Crippen LogP contribution in [0.2, 0.25) is 0 Å². The van der Waals surface area contributed by atoms with Crippen molar-refractivity contribution in [3.05, 3.63) is 11.4 Å². The van der Waals surface area contributed by atoms with Gasteiger partial charge < -0.3 is 16.0 Å². The minimum atomic E-state index is -0.0978. The molecule has 1 unspecified atom stereocenters. The van der Waals surface area contributed by atoms with E-state index in [0.717, 1.165) is 6.54 Å². The number of anilines is 1. The lowest BCUT2D eigenvalue weighted by Gasteiger charge is -2.44. The van der Waals surface area contributed by atoms with Crippen molar-refractivity contribution in [3.63, 3.8) is 0 Å². The van der Waals surface area contributed by atoms with Gasteiger partial charge >= 0.3 is 0 Å². The van der Waals surface area contributed by atoms with Crippen molar-refractivity contribution in [1.82, 2.24) is 20.0 Å². The molecule has 3 fully saturated rings. The van der Waals surface area contributed by atoms with E-state index in [4.69, 9.17) is 5.73 Å². The standard InChI is InChI=1S/C13H21N5O/c1-8-11(14)12(17(2)16-8)13(19)15-10-7-18-5-3-9(10)4-6-18/h9-10H,3-7,14H2,1-2H3,(H,15,19). The number of aryl methyl sites for hydroxylation is 2. The van der Waals surface area contributed by atoms with Gasteiger partial charge in [0.2, 0.25) is 0 Å². The topological polar surface area (TPSA) is 76.2 Å². The van der Waals surface area contributed by atoms with E-state index in [1.54, 1.807) is 11.7 Å². The van der Waals surface area contributed by atoms with Crippen LogP contribution in [-0.2, 0) is 7.05 Å². The van der Waals surface area contributed by atoms with Crippen molar-refractivity contribution < 1.29 is 4.79 Å². The summed E-state index contributed by atoms with van der Waals surface area (Å²) >= 11 is 0. The van der Waals surface area contributed by atoms with Crippen molar-refractivity contribution in [3.8, 4) is 0 Å². The Morgan fingerprint density at radius 2 is 2.11 bits per heavy atom. The summed E-state index contributed by atoms with van der Waals surface area (Å²) in [5.41, 5.74) is 7.61. The van der Waals surface area contributed by atoms with E-state index < -0.39 is 0 Å². The maximum Gasteiger partial charge on any atom is 0.271 e. The number of piperidine rings is 3. The number of hydrogen-bond acceptors (Lipinski definition) is 4. The molecule has 0 radical (unpaired) electrons. The van der Waals surface area contributed by atoms with Crippen LogP contribution < -0.4 is 11.1 Å². The Balaban J connectivity index is 1.75. The molecule has 3 aliphatic heterocycles. The molecule has 1 atom stereocenters. The highest BCUT2D eigenvalue weighted by molar-refractivity contribution is 5.98. The molecule has 4 rings (SSSR count). The first-order chi connectivity index (χ1) is 9.06. The minimum absolute atomic E-state index is 0.0978. The molecule has 3 N–H and O–H groups in total. The molecule has 4 heterocycles. The zero-order valence-corrected chi connectivity index (χ0v) is 11.5. The molecule has 1 aromatic heterocycles. The summed E-state index contributed by atoms with van der Waals surface area (Å²) in [5, 5.41) is 7.33. The second kappa shape index (κ2) is 4.52. The van der Waals surface area contributed by atoms with Crippen LogP contribution >= 0.6 is 0 Å². The van der Waals surface area contributed by atoms with Crippen LogP contribution in [0.1, 0.15) is 29.0 Å². The van der Waals surface area contributed by atoms with Crippen LogP contribution in [0, 0.1) is 12.8 Å². The fraction of sp³-hybridized carbons (Fsp3) is 0.692. The normalized spacial score (nSPS) is 29.5. The van der Waals surface area contributed by atoms with Crippen LogP contribution in [0.15, 0.2) is 0 Å². The van der Waals surface area contributed by atoms with E-state index >= 15 is 0 Å². The Labute approximate surface area is 112 Å². The fourth-order valence-corrected chi connectivity index (χ4v) is 3.31. The van der Waals surface area contributed by atoms with Crippen LogP contribution in [0.25, 0.3) is 0 Å². The molecule has 3 aliphatic rings. The van der Waals surface area contributed by atoms with E-state index in [1.807, 2.05) is 6.92 Å². The molecule has 6 nitrogen and oxygen atoms in total. The summed E-state index contributed by atoms with van der Waals surface area (Å²) in [6.45, 7) is 5.13. The molecule has 1 amide bonds. The zero-order valence-electron chi connectivity index (χ0n) is 11.5. The average molecular weight is 263 g/mol. The van der Waals surface area contributed by atoms with Gasteiger partial charge in [-0.15, -0.1) is 0 Å². The van der Waals surface area contributed by atoms with Crippen molar-refractivity contribution >= 4 is 11.6 Å². The average Bonchev–Trinajstić information content (AvgIpc) is 2.64. The van der Waals surface area contributed by atoms with Crippen molar-refractivity contribution in [2.45, 2.75) is 25.8 Å². The van der Waals surface area contributed by atoms with Gasteiger partial charge in [0.15, 0.2) is 0 Å². The highest BCUT2D eigenvalue weighted by Crippen LogP contribution is 2.28. The van der Waals surface area contributed by atoms with E-state index in [2.05, 4.69) is 15.3 Å². The van der Waals surface area contributed by atoms with E-state index in [-0.39, 0.29) is 11.9 Å². The number of nitrogens with one attached hydrogen (secondary N) is 1. The molecule has 0 spiro atoms. The molecule has 0 saturated carbocycles. The maximum absolute atomic E-state index is 12.4. The first-order valence-corrected chi connectivity index (χ1v) is 6.88. The number of hydrogen-bond donors (Lipinski definition) is 2. The fourth-order valence-electron chi connectivity index (χ4n) is 3.31. The quantitative estimate of drug-likeness (QED) is 0.795. The number of nitrogens with two attached hydrogens (primary N) is 1. The van der Waals surface area contributed by atoms with Gasteiger partial charge in [-0.25, -0.2) is 0 Å². The third-order valence-electron chi connectivity index (χ3n) is 4.46. The number of carbonyl (C=O) groups excluding carboxylic acids is 1. The number of nitrogens with zero attached hydrogens (tertiary/aromatic N) is 3. The molecule has 19 heavy (non-hydrogen) atoms. The van der Waals surface area contributed by atoms with Gasteiger partial charge in [-0.2, -0.15) is 5.10 Å². The maximum atomic E-state index is 12.4. The Morgan fingerprint density at radius 3 is 2.58 bits per heavy atom. The SMILES string of the molecule is Cc1nn(C)c(C(=O)NC2CN3CCC2CC3)c1N. The van der Waals surface area contributed by atoms with Gasteiger partial charge in [-0.3, -0.25) is 9.48 Å². The minimum Gasteiger partial charge on any atom is -0.395 e.